The summed E-state index contributed by atoms with van der Waals surface area (Å²) in [6, 6.07) is 6.35. The van der Waals surface area contributed by atoms with Crippen LogP contribution < -0.4 is 5.32 Å². The molecule has 1 aromatic rings. The SMILES string of the molecule is CCCOCC(Cc1ccccn1)NC. The zero-order chi connectivity index (χ0) is 10.9. The normalized spacial score (nSPS) is 12.7. The highest BCUT2D eigenvalue weighted by Crippen LogP contribution is 2.00. The van der Waals surface area contributed by atoms with Gasteiger partial charge in [0.15, 0.2) is 0 Å². The van der Waals surface area contributed by atoms with Crippen molar-refractivity contribution in [1.82, 2.24) is 10.3 Å². The van der Waals surface area contributed by atoms with Crippen molar-refractivity contribution >= 4 is 0 Å². The molecule has 0 aliphatic heterocycles. The van der Waals surface area contributed by atoms with Crippen molar-refractivity contribution in [2.24, 2.45) is 0 Å². The summed E-state index contributed by atoms with van der Waals surface area (Å²) >= 11 is 0. The summed E-state index contributed by atoms with van der Waals surface area (Å²) in [5.74, 6) is 0. The van der Waals surface area contributed by atoms with Crippen molar-refractivity contribution in [3.8, 4) is 0 Å². The summed E-state index contributed by atoms with van der Waals surface area (Å²) < 4.78 is 5.52. The molecule has 1 aromatic heterocycles. The third-order valence-corrected chi connectivity index (χ3v) is 2.26. The van der Waals surface area contributed by atoms with Crippen LogP contribution >= 0.6 is 0 Å². The van der Waals surface area contributed by atoms with E-state index in [1.165, 1.54) is 0 Å². The molecule has 0 aliphatic rings. The van der Waals surface area contributed by atoms with Crippen LogP contribution in [-0.4, -0.2) is 31.3 Å². The maximum absolute atomic E-state index is 5.52. The maximum Gasteiger partial charge on any atom is 0.0623 e. The van der Waals surface area contributed by atoms with Gasteiger partial charge >= 0.3 is 0 Å². The minimum atomic E-state index is 0.353. The van der Waals surface area contributed by atoms with Gasteiger partial charge in [-0.2, -0.15) is 0 Å². The standard InChI is InChI=1S/C12H20N2O/c1-3-8-15-10-12(13-2)9-11-6-4-5-7-14-11/h4-7,12-13H,3,8-10H2,1-2H3. The van der Waals surface area contributed by atoms with Gasteiger partial charge in [-0.15, -0.1) is 0 Å². The molecular formula is C12H20N2O. The Labute approximate surface area is 91.9 Å². The summed E-state index contributed by atoms with van der Waals surface area (Å²) in [5, 5.41) is 3.24. The molecule has 0 spiro atoms. The molecule has 0 saturated carbocycles. The number of hydrogen-bond acceptors (Lipinski definition) is 3. The smallest absolute Gasteiger partial charge is 0.0623 e. The minimum Gasteiger partial charge on any atom is -0.380 e. The molecule has 1 N–H and O–H groups in total. The second-order valence-corrected chi connectivity index (χ2v) is 3.59. The van der Waals surface area contributed by atoms with Crippen LogP contribution in [0, 0.1) is 0 Å². The van der Waals surface area contributed by atoms with Gasteiger partial charge < -0.3 is 10.1 Å². The predicted octanol–water partition coefficient (Wildman–Crippen LogP) is 1.64. The molecule has 0 saturated heterocycles. The Kier molecular flexibility index (Phi) is 5.97. The molecular weight excluding hydrogens is 188 g/mol. The van der Waals surface area contributed by atoms with Gasteiger partial charge in [0.25, 0.3) is 0 Å². The van der Waals surface area contributed by atoms with Crippen LogP contribution in [-0.2, 0) is 11.2 Å². The number of nitrogens with one attached hydrogen (secondary N) is 1. The molecule has 15 heavy (non-hydrogen) atoms. The van der Waals surface area contributed by atoms with E-state index in [1.807, 2.05) is 31.4 Å². The van der Waals surface area contributed by atoms with E-state index in [-0.39, 0.29) is 0 Å². The number of likely N-dealkylation sites (N-methyl/N-ethyl adjacent to an activating group) is 1. The van der Waals surface area contributed by atoms with Gasteiger partial charge in [0.05, 0.1) is 6.61 Å². The van der Waals surface area contributed by atoms with Gasteiger partial charge in [0.2, 0.25) is 0 Å². The van der Waals surface area contributed by atoms with Crippen molar-refractivity contribution < 1.29 is 4.74 Å². The summed E-state index contributed by atoms with van der Waals surface area (Å²) in [7, 11) is 1.96. The fourth-order valence-electron chi connectivity index (χ4n) is 1.39. The number of ether oxygens (including phenoxy) is 1. The zero-order valence-electron chi connectivity index (χ0n) is 9.57. The molecule has 3 heteroatoms. The van der Waals surface area contributed by atoms with Crippen LogP contribution in [0.2, 0.25) is 0 Å². The average Bonchev–Trinajstić information content (AvgIpc) is 2.29. The second-order valence-electron chi connectivity index (χ2n) is 3.59. The first kappa shape index (κ1) is 12.1. The number of hydrogen-bond donors (Lipinski definition) is 1. The molecule has 1 unspecified atom stereocenters. The van der Waals surface area contributed by atoms with Gasteiger partial charge in [-0.25, -0.2) is 0 Å². The van der Waals surface area contributed by atoms with E-state index in [1.54, 1.807) is 0 Å². The van der Waals surface area contributed by atoms with Gasteiger partial charge in [0.1, 0.15) is 0 Å². The summed E-state index contributed by atoms with van der Waals surface area (Å²) in [4.78, 5) is 4.30. The molecule has 0 fully saturated rings. The molecule has 0 amide bonds. The van der Waals surface area contributed by atoms with Gasteiger partial charge in [0, 0.05) is 31.0 Å². The first-order valence-electron chi connectivity index (χ1n) is 5.51. The van der Waals surface area contributed by atoms with Crippen molar-refractivity contribution in [3.63, 3.8) is 0 Å². The number of aromatic nitrogens is 1. The highest BCUT2D eigenvalue weighted by atomic mass is 16.5. The second kappa shape index (κ2) is 7.37. The first-order chi connectivity index (χ1) is 7.36. The van der Waals surface area contributed by atoms with Crippen LogP contribution in [0.5, 0.6) is 0 Å². The third kappa shape index (κ3) is 4.91. The molecule has 3 nitrogen and oxygen atoms in total. The summed E-state index contributed by atoms with van der Waals surface area (Å²) in [5.41, 5.74) is 1.11. The lowest BCUT2D eigenvalue weighted by Gasteiger charge is -2.15. The van der Waals surface area contributed by atoms with E-state index in [9.17, 15) is 0 Å². The number of rotatable bonds is 7. The fraction of sp³-hybridized carbons (Fsp3) is 0.583. The highest BCUT2D eigenvalue weighted by Gasteiger charge is 2.07. The van der Waals surface area contributed by atoms with Crippen LogP contribution in [0.15, 0.2) is 24.4 Å². The van der Waals surface area contributed by atoms with E-state index < -0.39 is 0 Å². The van der Waals surface area contributed by atoms with Crippen molar-refractivity contribution in [2.75, 3.05) is 20.3 Å². The lowest BCUT2D eigenvalue weighted by Crippen LogP contribution is -2.32. The van der Waals surface area contributed by atoms with Gasteiger partial charge in [-0.1, -0.05) is 13.0 Å². The monoisotopic (exact) mass is 208 g/mol. The molecule has 84 valence electrons. The van der Waals surface area contributed by atoms with E-state index in [4.69, 9.17) is 4.74 Å². The van der Waals surface area contributed by atoms with Crippen molar-refractivity contribution in [3.05, 3.63) is 30.1 Å². The Morgan fingerprint density at radius 2 is 2.33 bits per heavy atom. The number of pyridine rings is 1. The molecule has 1 atom stereocenters. The maximum atomic E-state index is 5.52. The van der Waals surface area contributed by atoms with Crippen LogP contribution in [0.1, 0.15) is 19.0 Å². The van der Waals surface area contributed by atoms with Crippen molar-refractivity contribution in [1.29, 1.82) is 0 Å². The summed E-state index contributed by atoms with van der Waals surface area (Å²) in [6.07, 6.45) is 3.82. The van der Waals surface area contributed by atoms with E-state index in [0.717, 1.165) is 31.7 Å². The fourth-order valence-corrected chi connectivity index (χ4v) is 1.39. The topological polar surface area (TPSA) is 34.1 Å². The molecule has 0 aliphatic carbocycles. The molecule has 1 heterocycles. The Hall–Kier alpha value is -0.930. The van der Waals surface area contributed by atoms with E-state index >= 15 is 0 Å². The van der Waals surface area contributed by atoms with Crippen molar-refractivity contribution in [2.45, 2.75) is 25.8 Å². The first-order valence-corrected chi connectivity index (χ1v) is 5.51. The molecule has 0 radical (unpaired) electrons. The largest absolute Gasteiger partial charge is 0.380 e. The molecule has 1 rings (SSSR count). The Morgan fingerprint density at radius 1 is 1.47 bits per heavy atom. The summed E-state index contributed by atoms with van der Waals surface area (Å²) in [6.45, 7) is 3.70. The van der Waals surface area contributed by atoms with Gasteiger partial charge in [-0.3, -0.25) is 4.98 Å². The lowest BCUT2D eigenvalue weighted by atomic mass is 10.1. The predicted molar refractivity (Wildman–Crippen MR) is 61.9 cm³/mol. The molecule has 0 bridgehead atoms. The minimum absolute atomic E-state index is 0.353. The van der Waals surface area contributed by atoms with E-state index in [0.29, 0.717) is 6.04 Å². The van der Waals surface area contributed by atoms with E-state index in [2.05, 4.69) is 17.2 Å². The third-order valence-electron chi connectivity index (χ3n) is 2.26. The Balaban J connectivity index is 2.33. The van der Waals surface area contributed by atoms with Gasteiger partial charge in [-0.05, 0) is 25.6 Å². The quantitative estimate of drug-likeness (QED) is 0.692. The van der Waals surface area contributed by atoms with Crippen LogP contribution in [0.4, 0.5) is 0 Å². The van der Waals surface area contributed by atoms with Crippen LogP contribution in [0.3, 0.4) is 0 Å². The average molecular weight is 208 g/mol. The zero-order valence-corrected chi connectivity index (χ0v) is 9.57. The highest BCUT2D eigenvalue weighted by molar-refractivity contribution is 5.05. The Morgan fingerprint density at radius 3 is 2.93 bits per heavy atom. The number of nitrogens with zero attached hydrogens (tertiary/aromatic N) is 1. The lowest BCUT2D eigenvalue weighted by molar-refractivity contribution is 0.113. The Bertz CT molecular complexity index is 251. The molecule has 0 aromatic carbocycles. The van der Waals surface area contributed by atoms with Crippen LogP contribution in [0.25, 0.3) is 0 Å².